The summed E-state index contributed by atoms with van der Waals surface area (Å²) in [6.45, 7) is -0.0284. The van der Waals surface area contributed by atoms with E-state index in [9.17, 15) is 0 Å². The average Bonchev–Trinajstić information content (AvgIpc) is 1.93. The van der Waals surface area contributed by atoms with E-state index < -0.39 is 24.5 Å². The number of nitrogens with two attached hydrogens (primary N) is 1. The fraction of sp³-hybridized carbons (Fsp3) is 1.00. The van der Waals surface area contributed by atoms with Gasteiger partial charge in [-0.25, -0.2) is 0 Å². The number of aliphatic hydroxyl groups is 3. The zero-order valence-electron chi connectivity index (χ0n) is 7.17. The van der Waals surface area contributed by atoms with Crippen molar-refractivity contribution in [3.05, 3.63) is 0 Å². The molecule has 0 spiro atoms. The van der Waals surface area contributed by atoms with Gasteiger partial charge in [0.1, 0.15) is 24.5 Å². The van der Waals surface area contributed by atoms with E-state index in [0.29, 0.717) is 0 Å². The summed E-state index contributed by atoms with van der Waals surface area (Å²) in [5.74, 6) is 0. The third-order valence-electron chi connectivity index (χ3n) is 1.54. The third kappa shape index (κ3) is 8.38. The van der Waals surface area contributed by atoms with Crippen LogP contribution in [0.5, 0.6) is 0 Å². The van der Waals surface area contributed by atoms with Crippen LogP contribution < -0.4 is 55.4 Å². The quantitative estimate of drug-likeness (QED) is 0.273. The molecular formula is C5H11Cl4NO4Pt. The Hall–Kier alpha value is 1.65. The van der Waals surface area contributed by atoms with Crippen LogP contribution in [0.15, 0.2) is 0 Å². The number of aliphatic hydroxyl groups excluding tert-OH is 3. The van der Waals surface area contributed by atoms with Crippen LogP contribution in [0.4, 0.5) is 0 Å². The first-order valence-electron chi connectivity index (χ1n) is 3.04. The van der Waals surface area contributed by atoms with Crippen LogP contribution in [0.25, 0.3) is 0 Å². The zero-order valence-corrected chi connectivity index (χ0v) is 12.5. The molecule has 0 aromatic rings. The molecule has 0 saturated carbocycles. The molecule has 5 nitrogen and oxygen atoms in total. The van der Waals surface area contributed by atoms with Gasteiger partial charge in [0.25, 0.3) is 0 Å². The number of hydrogen-bond acceptors (Lipinski definition) is 5. The Kier molecular flexibility index (Phi) is 27.5. The summed E-state index contributed by atoms with van der Waals surface area (Å²) < 4.78 is 4.69. The van der Waals surface area contributed by atoms with Gasteiger partial charge in [-0.1, -0.05) is 0 Å². The number of ether oxygens (including phenoxy) is 1. The van der Waals surface area contributed by atoms with Gasteiger partial charge in [-0.3, -0.25) is 0 Å². The minimum absolute atomic E-state index is 0. The first-order chi connectivity index (χ1) is 4.63. The molecular weight excluding hydrogens is 475 g/mol. The monoisotopic (exact) mass is 484 g/mol. The second-order valence-electron chi connectivity index (χ2n) is 2.35. The summed E-state index contributed by atoms with van der Waals surface area (Å²) in [4.78, 5) is 0. The van der Waals surface area contributed by atoms with Gasteiger partial charge in [0.15, 0.2) is 0 Å². The smallest absolute Gasteiger partial charge is 1.00 e. The van der Waals surface area contributed by atoms with Crippen molar-refractivity contribution in [3.8, 4) is 0 Å². The van der Waals surface area contributed by atoms with Crippen LogP contribution in [0, 0.1) is 0 Å². The maximum atomic E-state index is 8.96. The number of hydrogen-bond donors (Lipinski definition) is 4. The predicted molar refractivity (Wildman–Crippen MR) is 31.9 cm³/mol. The van der Waals surface area contributed by atoms with Crippen molar-refractivity contribution in [2.24, 2.45) is 5.73 Å². The Labute approximate surface area is 127 Å². The summed E-state index contributed by atoms with van der Waals surface area (Å²) in [7, 11) is 0. The molecule has 1 fully saturated rings. The molecule has 0 aromatic heterocycles. The van der Waals surface area contributed by atoms with Crippen molar-refractivity contribution in [3.63, 3.8) is 0 Å². The van der Waals surface area contributed by atoms with E-state index in [4.69, 9.17) is 25.8 Å². The van der Waals surface area contributed by atoms with Crippen LogP contribution in [0.1, 0.15) is 0 Å². The Bertz CT molecular complexity index is 124. The molecule has 0 aromatic carbocycles. The Morgan fingerprint density at radius 2 is 1.33 bits per heavy atom. The number of rotatable bonds is 0. The van der Waals surface area contributed by atoms with Gasteiger partial charge in [0.05, 0.1) is 6.61 Å². The maximum absolute atomic E-state index is 8.96. The topological polar surface area (TPSA) is 95.9 Å². The Morgan fingerprint density at radius 3 is 1.67 bits per heavy atom. The molecule has 98 valence electrons. The molecule has 1 aliphatic rings. The van der Waals surface area contributed by atoms with Crippen molar-refractivity contribution in [1.82, 2.24) is 0 Å². The van der Waals surface area contributed by atoms with Gasteiger partial charge in [-0.05, 0) is 0 Å². The largest absolute Gasteiger partial charge is 4.00 e. The van der Waals surface area contributed by atoms with E-state index in [2.05, 4.69) is 0 Å². The fourth-order valence-corrected chi connectivity index (χ4v) is 0.829. The SMILES string of the molecule is NC1OC[C@@H](O)[C@@H](O)[C@@H]1O.[Cl-].[Cl-].[Cl-].[Cl-].[Pt+4]. The van der Waals surface area contributed by atoms with Crippen LogP contribution in [-0.4, -0.2) is 46.5 Å². The van der Waals surface area contributed by atoms with Crippen molar-refractivity contribution in [2.75, 3.05) is 6.61 Å². The minimum Gasteiger partial charge on any atom is -1.00 e. The standard InChI is InChI=1S/C5H11NO4.4ClH.Pt/c6-5-4(9)3(8)2(7)1-10-5;;;;;/h2-5,7-9H,1,6H2;4*1H;/q;;;;;+4/p-4/t2-,3-,4+,5?;;;;;/m1...../s1. The maximum Gasteiger partial charge on any atom is 4.00 e. The van der Waals surface area contributed by atoms with E-state index >= 15 is 0 Å². The van der Waals surface area contributed by atoms with E-state index in [1.165, 1.54) is 0 Å². The van der Waals surface area contributed by atoms with Gasteiger partial charge in [-0.15, -0.1) is 0 Å². The summed E-state index contributed by atoms with van der Waals surface area (Å²) in [5, 5.41) is 26.8. The molecule has 0 aliphatic carbocycles. The van der Waals surface area contributed by atoms with Crippen molar-refractivity contribution in [2.45, 2.75) is 24.5 Å². The van der Waals surface area contributed by atoms with Crippen LogP contribution in [-0.2, 0) is 25.8 Å². The van der Waals surface area contributed by atoms with Crippen LogP contribution in [0.3, 0.4) is 0 Å². The molecule has 1 aliphatic heterocycles. The molecule has 1 heterocycles. The minimum atomic E-state index is -1.19. The van der Waals surface area contributed by atoms with Crippen molar-refractivity contribution in [1.29, 1.82) is 0 Å². The summed E-state index contributed by atoms with van der Waals surface area (Å²) in [5.41, 5.74) is 5.19. The summed E-state index contributed by atoms with van der Waals surface area (Å²) in [6.07, 6.45) is -4.30. The second-order valence-corrected chi connectivity index (χ2v) is 2.35. The van der Waals surface area contributed by atoms with Crippen LogP contribution >= 0.6 is 0 Å². The Balaban J connectivity index is -0.0000000667. The molecule has 1 unspecified atom stereocenters. The molecule has 0 bridgehead atoms. The van der Waals surface area contributed by atoms with E-state index in [1.54, 1.807) is 0 Å². The molecule has 0 amide bonds. The first kappa shape index (κ1) is 30.0. The van der Waals surface area contributed by atoms with E-state index in [-0.39, 0.29) is 77.3 Å². The van der Waals surface area contributed by atoms with Gasteiger partial charge in [0.2, 0.25) is 0 Å². The van der Waals surface area contributed by atoms with E-state index in [0.717, 1.165) is 0 Å². The van der Waals surface area contributed by atoms with Crippen molar-refractivity contribution < 1.29 is 90.7 Å². The zero-order chi connectivity index (χ0) is 7.72. The number of halogens is 4. The molecule has 15 heavy (non-hydrogen) atoms. The molecule has 1 rings (SSSR count). The van der Waals surface area contributed by atoms with E-state index in [1.807, 2.05) is 0 Å². The van der Waals surface area contributed by atoms with Gasteiger partial charge >= 0.3 is 21.1 Å². The molecule has 4 atom stereocenters. The normalized spacial score (nSPS) is 32.8. The molecule has 0 radical (unpaired) electrons. The van der Waals surface area contributed by atoms with Gasteiger partial charge < -0.3 is 75.4 Å². The molecule has 1 saturated heterocycles. The van der Waals surface area contributed by atoms with Crippen molar-refractivity contribution >= 4 is 0 Å². The van der Waals surface area contributed by atoms with Gasteiger partial charge in [0, 0.05) is 0 Å². The average molecular weight is 486 g/mol. The predicted octanol–water partition coefficient (Wildman–Crippen LogP) is -14.6. The summed E-state index contributed by atoms with van der Waals surface area (Å²) >= 11 is 0. The Morgan fingerprint density at radius 1 is 0.933 bits per heavy atom. The summed E-state index contributed by atoms with van der Waals surface area (Å²) in [6, 6.07) is 0. The van der Waals surface area contributed by atoms with Gasteiger partial charge in [-0.2, -0.15) is 0 Å². The molecule has 10 heteroatoms. The van der Waals surface area contributed by atoms with Crippen LogP contribution in [0.2, 0.25) is 0 Å². The third-order valence-corrected chi connectivity index (χ3v) is 1.54. The first-order valence-corrected chi connectivity index (χ1v) is 3.04. The molecule has 5 N–H and O–H groups in total. The second kappa shape index (κ2) is 13.7. The fourth-order valence-electron chi connectivity index (χ4n) is 0.829.